The van der Waals surface area contributed by atoms with E-state index in [2.05, 4.69) is 5.32 Å². The van der Waals surface area contributed by atoms with Gasteiger partial charge in [0.1, 0.15) is 67.1 Å². The van der Waals surface area contributed by atoms with Crippen LogP contribution < -0.4 is 5.32 Å². The lowest BCUT2D eigenvalue weighted by molar-refractivity contribution is -0.382. The lowest BCUT2D eigenvalue weighted by Crippen LogP contribution is -2.68. The highest BCUT2D eigenvalue weighted by atomic mass is 16.8. The van der Waals surface area contributed by atoms with Crippen molar-refractivity contribution >= 4 is 5.91 Å². The lowest BCUT2D eigenvalue weighted by Gasteiger charge is -2.48. The van der Waals surface area contributed by atoms with Crippen LogP contribution in [0.15, 0.2) is 0 Å². The van der Waals surface area contributed by atoms with Crippen molar-refractivity contribution in [2.75, 3.05) is 13.2 Å². The molecule has 0 aromatic rings. The highest BCUT2D eigenvalue weighted by Gasteiger charge is 2.53. The monoisotopic (exact) mass is 529 g/mol. The van der Waals surface area contributed by atoms with Gasteiger partial charge in [0.25, 0.3) is 0 Å². The van der Waals surface area contributed by atoms with Crippen molar-refractivity contribution in [3.8, 4) is 0 Å². The number of carbonyl (C=O) groups excluding carboxylic acids is 1. The van der Waals surface area contributed by atoms with Crippen molar-refractivity contribution in [2.45, 2.75) is 106 Å². The normalized spacial score (nSPS) is 50.0. The molecule has 15 atom stereocenters. The summed E-state index contributed by atoms with van der Waals surface area (Å²) in [5, 5.41) is 93.8. The van der Waals surface area contributed by atoms with Crippen LogP contribution in [0.25, 0.3) is 0 Å². The fourth-order valence-corrected chi connectivity index (χ4v) is 4.39. The van der Waals surface area contributed by atoms with Crippen LogP contribution in [0.3, 0.4) is 0 Å². The second-order valence-electron chi connectivity index (χ2n) is 9.05. The van der Waals surface area contributed by atoms with Crippen molar-refractivity contribution < 1.29 is 74.4 Å². The molecule has 1 unspecified atom stereocenters. The predicted octanol–water partition coefficient (Wildman–Crippen LogP) is -6.40. The molecule has 0 bridgehead atoms. The van der Waals surface area contributed by atoms with Gasteiger partial charge in [0.2, 0.25) is 5.91 Å². The Labute approximate surface area is 205 Å². The fourth-order valence-electron chi connectivity index (χ4n) is 4.39. The zero-order valence-corrected chi connectivity index (χ0v) is 19.5. The largest absolute Gasteiger partial charge is 0.394 e. The van der Waals surface area contributed by atoms with Crippen molar-refractivity contribution in [3.05, 3.63) is 0 Å². The molecule has 10 N–H and O–H groups in total. The number of rotatable bonds is 7. The van der Waals surface area contributed by atoms with Crippen molar-refractivity contribution in [2.24, 2.45) is 0 Å². The maximum Gasteiger partial charge on any atom is 0.217 e. The van der Waals surface area contributed by atoms with E-state index < -0.39 is 111 Å². The van der Waals surface area contributed by atoms with E-state index in [1.807, 2.05) is 0 Å². The first kappa shape index (κ1) is 29.5. The lowest BCUT2D eigenvalue weighted by atomic mass is 9.95. The summed E-state index contributed by atoms with van der Waals surface area (Å²) < 4.78 is 27.5. The number of amides is 1. The Kier molecular flexibility index (Phi) is 9.97. The molecule has 0 aromatic carbocycles. The minimum atomic E-state index is -1.82. The molecule has 36 heavy (non-hydrogen) atoms. The second-order valence-corrected chi connectivity index (χ2v) is 9.05. The molecule has 0 aliphatic carbocycles. The molecule has 3 heterocycles. The third kappa shape index (κ3) is 5.97. The van der Waals surface area contributed by atoms with E-state index in [-0.39, 0.29) is 0 Å². The van der Waals surface area contributed by atoms with Crippen molar-refractivity contribution in [3.63, 3.8) is 0 Å². The van der Waals surface area contributed by atoms with Crippen molar-refractivity contribution in [1.29, 1.82) is 0 Å². The Morgan fingerprint density at radius 3 is 1.92 bits per heavy atom. The molecular formula is C20H35NO15. The molecule has 0 saturated carbocycles. The predicted molar refractivity (Wildman–Crippen MR) is 111 cm³/mol. The summed E-state index contributed by atoms with van der Waals surface area (Å²) in [7, 11) is 0. The summed E-state index contributed by atoms with van der Waals surface area (Å²) in [6.45, 7) is 0.997. The topological polar surface area (TPSA) is 257 Å². The van der Waals surface area contributed by atoms with Gasteiger partial charge >= 0.3 is 0 Å². The van der Waals surface area contributed by atoms with E-state index >= 15 is 0 Å². The standard InChI is InChI=1S/C20H35NO15/c1-5-10(25)13(28)15(30)19(32-5)36-17-14(29)11(26)7(3-22)34-20(17)35-16-8(4-23)33-18(31)9(12(16)27)21-6(2)24/h5,7-20,22-23,25-31H,3-4H2,1-2H3,(H,21,24)/t5-,7-,8-,9-,10+,11+,12-,13+,14+,15-,16-,17-,18?,19-,20+/m1/s1. The molecule has 16 heteroatoms. The smallest absolute Gasteiger partial charge is 0.217 e. The third-order valence-corrected chi connectivity index (χ3v) is 6.46. The number of hydrogen-bond donors (Lipinski definition) is 10. The molecule has 3 fully saturated rings. The minimum absolute atomic E-state index is 0.616. The van der Waals surface area contributed by atoms with Gasteiger partial charge in [0.15, 0.2) is 18.9 Å². The van der Waals surface area contributed by atoms with Crippen LogP contribution in [0.4, 0.5) is 0 Å². The SMILES string of the molecule is CC(=O)N[C@H]1C(O)O[C@H](CO)[C@@H](O[C@@H]2O[C@H](CO)[C@H](O)[C@H](O)[C@H]2O[C@H]2O[C@H](C)[C@H](O)[C@H](O)[C@H]2O)[C@@H]1O. The van der Waals surface area contributed by atoms with Gasteiger partial charge in [0.05, 0.1) is 19.3 Å². The van der Waals surface area contributed by atoms with Gasteiger partial charge in [-0.3, -0.25) is 4.79 Å². The average molecular weight is 529 g/mol. The Morgan fingerprint density at radius 1 is 0.722 bits per heavy atom. The molecule has 16 nitrogen and oxygen atoms in total. The van der Waals surface area contributed by atoms with Crippen LogP contribution in [0.5, 0.6) is 0 Å². The Balaban J connectivity index is 1.86. The van der Waals surface area contributed by atoms with Gasteiger partial charge in [-0.05, 0) is 6.92 Å². The van der Waals surface area contributed by atoms with Crippen LogP contribution in [0.2, 0.25) is 0 Å². The molecule has 1 amide bonds. The van der Waals surface area contributed by atoms with Gasteiger partial charge in [-0.1, -0.05) is 0 Å². The van der Waals surface area contributed by atoms with Crippen LogP contribution in [-0.2, 0) is 28.5 Å². The fraction of sp³-hybridized carbons (Fsp3) is 0.950. The third-order valence-electron chi connectivity index (χ3n) is 6.46. The maximum atomic E-state index is 11.5. The first-order chi connectivity index (χ1) is 16.9. The number of aliphatic hydroxyl groups is 9. The van der Waals surface area contributed by atoms with Gasteiger partial charge in [-0.15, -0.1) is 0 Å². The molecule has 0 radical (unpaired) electrons. The summed E-state index contributed by atoms with van der Waals surface area (Å²) in [6, 6.07) is -1.39. The van der Waals surface area contributed by atoms with Crippen LogP contribution in [0, 0.1) is 0 Å². The summed E-state index contributed by atoms with van der Waals surface area (Å²) in [5.41, 5.74) is 0. The van der Waals surface area contributed by atoms with E-state index in [1.165, 1.54) is 6.92 Å². The molecule has 3 saturated heterocycles. The van der Waals surface area contributed by atoms with Gasteiger partial charge in [-0.2, -0.15) is 0 Å². The molecule has 0 aromatic heterocycles. The number of hydrogen-bond acceptors (Lipinski definition) is 15. The van der Waals surface area contributed by atoms with Crippen LogP contribution >= 0.6 is 0 Å². The molecule has 3 aliphatic rings. The van der Waals surface area contributed by atoms with E-state index in [0.717, 1.165) is 6.92 Å². The zero-order chi connectivity index (χ0) is 26.9. The first-order valence-electron chi connectivity index (χ1n) is 11.4. The molecule has 3 aliphatic heterocycles. The summed E-state index contributed by atoms with van der Waals surface area (Å²) in [4.78, 5) is 11.5. The number of aliphatic hydroxyl groups excluding tert-OH is 9. The van der Waals surface area contributed by atoms with Crippen molar-refractivity contribution in [1.82, 2.24) is 5.32 Å². The highest BCUT2D eigenvalue weighted by molar-refractivity contribution is 5.73. The summed E-state index contributed by atoms with van der Waals surface area (Å²) >= 11 is 0. The zero-order valence-electron chi connectivity index (χ0n) is 19.5. The Hall–Kier alpha value is -1.09. The van der Waals surface area contributed by atoms with Gasteiger partial charge in [-0.25, -0.2) is 0 Å². The Morgan fingerprint density at radius 2 is 1.33 bits per heavy atom. The van der Waals surface area contributed by atoms with Gasteiger partial charge < -0.3 is 75.0 Å². The van der Waals surface area contributed by atoms with Crippen LogP contribution in [0.1, 0.15) is 13.8 Å². The second kappa shape index (κ2) is 12.2. The molecule has 3 rings (SSSR count). The van der Waals surface area contributed by atoms with Gasteiger partial charge in [0, 0.05) is 6.92 Å². The quantitative estimate of drug-likeness (QED) is 0.147. The molecular weight excluding hydrogens is 494 g/mol. The van der Waals surface area contributed by atoms with E-state index in [9.17, 15) is 50.8 Å². The Bertz CT molecular complexity index is 731. The van der Waals surface area contributed by atoms with E-state index in [4.69, 9.17) is 23.7 Å². The molecule has 210 valence electrons. The number of nitrogens with one attached hydrogen (secondary N) is 1. The maximum absolute atomic E-state index is 11.5. The van der Waals surface area contributed by atoms with Crippen LogP contribution in [-0.4, -0.2) is 157 Å². The summed E-state index contributed by atoms with van der Waals surface area (Å²) in [5.74, 6) is -0.616. The van der Waals surface area contributed by atoms with E-state index in [1.54, 1.807) is 0 Å². The van der Waals surface area contributed by atoms with E-state index in [0.29, 0.717) is 0 Å². The minimum Gasteiger partial charge on any atom is -0.394 e. The highest BCUT2D eigenvalue weighted by Crippen LogP contribution is 2.32. The average Bonchev–Trinajstić information content (AvgIpc) is 2.84. The number of carbonyl (C=O) groups is 1. The number of ether oxygens (including phenoxy) is 5. The first-order valence-corrected chi connectivity index (χ1v) is 11.4. The molecule has 0 spiro atoms. The summed E-state index contributed by atoms with van der Waals surface area (Å²) in [6.07, 6.45) is -22.1.